The van der Waals surface area contributed by atoms with E-state index in [1.165, 1.54) is 0 Å². The first-order valence-electron chi connectivity index (χ1n) is 5.30. The zero-order valence-electron chi connectivity index (χ0n) is 8.97. The molecule has 1 aliphatic rings. The summed E-state index contributed by atoms with van der Waals surface area (Å²) in [6.45, 7) is 2.49. The number of aliphatic hydroxyl groups is 1. The first-order chi connectivity index (χ1) is 7.65. The molecule has 0 aliphatic carbocycles. The van der Waals surface area contributed by atoms with Gasteiger partial charge in [-0.3, -0.25) is 9.88 Å². The highest BCUT2D eigenvalue weighted by molar-refractivity contribution is 7.80. The van der Waals surface area contributed by atoms with E-state index >= 15 is 0 Å². The standard InChI is InChI=1S/C11H15N3OS/c12-11(16)10-5-8(1-3-13-10)6-14-4-2-9(15)7-14/h1,3,5,9,15H,2,4,6-7H2,(H2,12,16). The molecular weight excluding hydrogens is 222 g/mol. The molecule has 1 aromatic rings. The third kappa shape index (κ3) is 2.75. The molecule has 2 heterocycles. The Labute approximate surface area is 100 Å². The maximum atomic E-state index is 9.43. The first-order valence-corrected chi connectivity index (χ1v) is 5.71. The van der Waals surface area contributed by atoms with Crippen LogP contribution < -0.4 is 5.73 Å². The number of rotatable bonds is 3. The van der Waals surface area contributed by atoms with Crippen LogP contribution in [0, 0.1) is 0 Å². The molecular formula is C11H15N3OS. The van der Waals surface area contributed by atoms with Gasteiger partial charge in [-0.25, -0.2) is 0 Å². The predicted molar refractivity (Wildman–Crippen MR) is 66.0 cm³/mol. The van der Waals surface area contributed by atoms with Gasteiger partial charge in [0.2, 0.25) is 0 Å². The number of likely N-dealkylation sites (tertiary alicyclic amines) is 1. The molecule has 0 spiro atoms. The summed E-state index contributed by atoms with van der Waals surface area (Å²) in [7, 11) is 0. The molecule has 1 aliphatic heterocycles. The lowest BCUT2D eigenvalue weighted by Gasteiger charge is -2.14. The fraction of sp³-hybridized carbons (Fsp3) is 0.455. The molecule has 3 N–H and O–H groups in total. The Balaban J connectivity index is 2.04. The Hall–Kier alpha value is -1.04. The number of nitrogens with two attached hydrogens (primary N) is 1. The van der Waals surface area contributed by atoms with Crippen molar-refractivity contribution in [1.29, 1.82) is 0 Å². The van der Waals surface area contributed by atoms with Gasteiger partial charge in [-0.2, -0.15) is 0 Å². The lowest BCUT2D eigenvalue weighted by atomic mass is 10.2. The maximum Gasteiger partial charge on any atom is 0.122 e. The monoisotopic (exact) mass is 237 g/mol. The van der Waals surface area contributed by atoms with Crippen LogP contribution in [0.2, 0.25) is 0 Å². The van der Waals surface area contributed by atoms with Crippen LogP contribution in [0.3, 0.4) is 0 Å². The summed E-state index contributed by atoms with van der Waals surface area (Å²) < 4.78 is 0. The van der Waals surface area contributed by atoms with Crippen LogP contribution in [0.4, 0.5) is 0 Å². The summed E-state index contributed by atoms with van der Waals surface area (Å²) >= 11 is 4.88. The third-order valence-corrected chi connectivity index (χ3v) is 2.94. The second kappa shape index (κ2) is 4.86. The van der Waals surface area contributed by atoms with Gasteiger partial charge in [0, 0.05) is 25.8 Å². The highest BCUT2D eigenvalue weighted by Crippen LogP contribution is 2.13. The topological polar surface area (TPSA) is 62.4 Å². The summed E-state index contributed by atoms with van der Waals surface area (Å²) in [4.78, 5) is 6.63. The Morgan fingerprint density at radius 2 is 2.50 bits per heavy atom. The average molecular weight is 237 g/mol. The number of nitrogens with zero attached hydrogens (tertiary/aromatic N) is 2. The molecule has 5 heteroatoms. The fourth-order valence-electron chi connectivity index (χ4n) is 1.92. The van der Waals surface area contributed by atoms with E-state index in [2.05, 4.69) is 9.88 Å². The minimum Gasteiger partial charge on any atom is -0.392 e. The molecule has 0 amide bonds. The molecule has 0 radical (unpaired) electrons. The third-order valence-electron chi connectivity index (χ3n) is 2.73. The van der Waals surface area contributed by atoms with Crippen molar-refractivity contribution in [3.8, 4) is 0 Å². The van der Waals surface area contributed by atoms with Gasteiger partial charge < -0.3 is 10.8 Å². The van der Waals surface area contributed by atoms with Gasteiger partial charge in [-0.15, -0.1) is 0 Å². The second-order valence-corrected chi connectivity index (χ2v) is 4.53. The van der Waals surface area contributed by atoms with Gasteiger partial charge in [0.1, 0.15) is 4.99 Å². The Bertz CT molecular complexity index is 397. The average Bonchev–Trinajstić information content (AvgIpc) is 2.64. The number of thiocarbonyl (C=S) groups is 1. The highest BCUT2D eigenvalue weighted by atomic mass is 32.1. The van der Waals surface area contributed by atoms with Crippen molar-refractivity contribution in [3.05, 3.63) is 29.6 Å². The van der Waals surface area contributed by atoms with Crippen LogP contribution in [0.25, 0.3) is 0 Å². The molecule has 1 fully saturated rings. The number of hydrogen-bond acceptors (Lipinski definition) is 4. The number of aromatic nitrogens is 1. The van der Waals surface area contributed by atoms with Gasteiger partial charge in [-0.05, 0) is 24.1 Å². The van der Waals surface area contributed by atoms with E-state index in [1.807, 2.05) is 12.1 Å². The van der Waals surface area contributed by atoms with Crippen LogP contribution in [-0.4, -0.2) is 39.2 Å². The van der Waals surface area contributed by atoms with E-state index in [-0.39, 0.29) is 6.10 Å². The van der Waals surface area contributed by atoms with Crippen LogP contribution in [-0.2, 0) is 6.54 Å². The molecule has 0 aromatic carbocycles. The molecule has 1 atom stereocenters. The van der Waals surface area contributed by atoms with E-state index in [4.69, 9.17) is 18.0 Å². The molecule has 86 valence electrons. The molecule has 16 heavy (non-hydrogen) atoms. The SMILES string of the molecule is NC(=S)c1cc(CN2CCC(O)C2)ccn1. The van der Waals surface area contributed by atoms with Gasteiger partial charge in [0.25, 0.3) is 0 Å². The maximum absolute atomic E-state index is 9.43. The van der Waals surface area contributed by atoms with Gasteiger partial charge in [0.05, 0.1) is 11.8 Å². The lowest BCUT2D eigenvalue weighted by Crippen LogP contribution is -2.22. The quantitative estimate of drug-likeness (QED) is 0.740. The molecule has 1 saturated heterocycles. The van der Waals surface area contributed by atoms with Gasteiger partial charge in [0.15, 0.2) is 0 Å². The minimum absolute atomic E-state index is 0.183. The van der Waals surface area contributed by atoms with E-state index in [9.17, 15) is 5.11 Å². The van der Waals surface area contributed by atoms with Crippen LogP contribution in [0.15, 0.2) is 18.3 Å². The zero-order chi connectivity index (χ0) is 11.5. The Morgan fingerprint density at radius 3 is 3.12 bits per heavy atom. The molecule has 0 bridgehead atoms. The predicted octanol–water partition coefficient (Wildman–Crippen LogP) is 0.282. The highest BCUT2D eigenvalue weighted by Gasteiger charge is 2.19. The van der Waals surface area contributed by atoms with Crippen molar-refractivity contribution >= 4 is 17.2 Å². The minimum atomic E-state index is -0.183. The Morgan fingerprint density at radius 1 is 1.69 bits per heavy atom. The van der Waals surface area contributed by atoms with Gasteiger partial charge in [-0.1, -0.05) is 12.2 Å². The second-order valence-electron chi connectivity index (χ2n) is 4.09. The van der Waals surface area contributed by atoms with Crippen LogP contribution in [0.5, 0.6) is 0 Å². The number of β-amino-alcohol motifs (C(OH)–C–C–N with tert-alkyl or cyclic N) is 1. The summed E-state index contributed by atoms with van der Waals surface area (Å²) in [5, 5.41) is 9.43. The van der Waals surface area contributed by atoms with Crippen molar-refractivity contribution in [1.82, 2.24) is 9.88 Å². The molecule has 4 nitrogen and oxygen atoms in total. The summed E-state index contributed by atoms with van der Waals surface area (Å²) in [6.07, 6.45) is 2.39. The summed E-state index contributed by atoms with van der Waals surface area (Å²) in [5.41, 5.74) is 7.32. The van der Waals surface area contributed by atoms with E-state index in [0.717, 1.165) is 31.6 Å². The fourth-order valence-corrected chi connectivity index (χ4v) is 2.03. The van der Waals surface area contributed by atoms with Crippen molar-refractivity contribution < 1.29 is 5.11 Å². The Kier molecular flexibility index (Phi) is 3.48. The zero-order valence-corrected chi connectivity index (χ0v) is 9.78. The van der Waals surface area contributed by atoms with Crippen LogP contribution >= 0.6 is 12.2 Å². The normalized spacial score (nSPS) is 21.2. The van der Waals surface area contributed by atoms with Crippen molar-refractivity contribution in [3.63, 3.8) is 0 Å². The largest absolute Gasteiger partial charge is 0.392 e. The summed E-state index contributed by atoms with van der Waals surface area (Å²) in [5.74, 6) is 0. The van der Waals surface area contributed by atoms with E-state index < -0.39 is 0 Å². The van der Waals surface area contributed by atoms with Crippen molar-refractivity contribution in [2.24, 2.45) is 5.73 Å². The lowest BCUT2D eigenvalue weighted by molar-refractivity contribution is 0.175. The molecule has 1 unspecified atom stereocenters. The van der Waals surface area contributed by atoms with Gasteiger partial charge >= 0.3 is 0 Å². The number of pyridine rings is 1. The smallest absolute Gasteiger partial charge is 0.122 e. The van der Waals surface area contributed by atoms with E-state index in [0.29, 0.717) is 10.7 Å². The molecule has 1 aromatic heterocycles. The first kappa shape index (κ1) is 11.4. The molecule has 2 rings (SSSR count). The van der Waals surface area contributed by atoms with Crippen molar-refractivity contribution in [2.45, 2.75) is 19.1 Å². The van der Waals surface area contributed by atoms with E-state index in [1.54, 1.807) is 6.20 Å². The van der Waals surface area contributed by atoms with Crippen molar-refractivity contribution in [2.75, 3.05) is 13.1 Å². The number of hydrogen-bond donors (Lipinski definition) is 2. The molecule has 0 saturated carbocycles. The number of aliphatic hydroxyl groups excluding tert-OH is 1. The summed E-state index contributed by atoms with van der Waals surface area (Å²) in [6, 6.07) is 3.86. The van der Waals surface area contributed by atoms with Crippen LogP contribution in [0.1, 0.15) is 17.7 Å².